The quantitative estimate of drug-likeness (QED) is 0.784. The molecule has 1 aromatic carbocycles. The molecule has 0 bridgehead atoms. The van der Waals surface area contributed by atoms with Gasteiger partial charge < -0.3 is 15.6 Å². The van der Waals surface area contributed by atoms with Crippen molar-refractivity contribution in [1.82, 2.24) is 0 Å². The summed E-state index contributed by atoms with van der Waals surface area (Å²) in [5.74, 6) is -0.451. The van der Waals surface area contributed by atoms with Gasteiger partial charge in [0.25, 0.3) is 5.91 Å². The summed E-state index contributed by atoms with van der Waals surface area (Å²) in [5, 5.41) is 9.42. The molecule has 0 heterocycles. The van der Waals surface area contributed by atoms with Crippen LogP contribution in [0.4, 0.5) is 5.69 Å². The molecule has 3 N–H and O–H groups in total. The molecule has 0 saturated carbocycles. The Morgan fingerprint density at radius 1 is 1.58 bits per heavy atom. The molecule has 0 aliphatic carbocycles. The minimum Gasteiger partial charge on any atom is -0.490 e. The van der Waals surface area contributed by atoms with E-state index in [1.54, 1.807) is 6.92 Å². The van der Waals surface area contributed by atoms with Gasteiger partial charge in [0.2, 0.25) is 0 Å². The molecule has 6 heteroatoms. The van der Waals surface area contributed by atoms with Gasteiger partial charge in [-0.2, -0.15) is 0 Å². The topological polar surface area (TPSA) is 84.9 Å². The molecule has 0 spiro atoms. The number of amides is 1. The standard InChI is InChI=1S/C13H15ClN2O3/c1-7(17)6-19-12-5-11(16-3)9(8(2)14)4-10(12)13(15)18/h4-5,7,17H,2-3,6H2,1H3,(H2,15,18). The number of carbonyl (C=O) groups excluding carboxylic acids is 1. The van der Waals surface area contributed by atoms with Gasteiger partial charge in [-0.1, -0.05) is 18.2 Å². The zero-order valence-corrected chi connectivity index (χ0v) is 11.3. The average Bonchev–Trinajstić information content (AvgIpc) is 2.34. The van der Waals surface area contributed by atoms with E-state index in [0.717, 1.165) is 0 Å². The lowest BCUT2D eigenvalue weighted by Gasteiger charge is -2.14. The molecule has 1 unspecified atom stereocenters. The molecule has 0 aliphatic rings. The van der Waals surface area contributed by atoms with Crippen LogP contribution in [-0.4, -0.2) is 30.4 Å². The van der Waals surface area contributed by atoms with Crippen molar-refractivity contribution < 1.29 is 14.6 Å². The first-order valence-electron chi connectivity index (χ1n) is 5.47. The molecule has 1 aromatic rings. The van der Waals surface area contributed by atoms with E-state index in [4.69, 9.17) is 22.1 Å². The first kappa shape index (κ1) is 15.2. The predicted octanol–water partition coefficient (Wildman–Crippen LogP) is 2.09. The van der Waals surface area contributed by atoms with Gasteiger partial charge in [-0.25, -0.2) is 0 Å². The number of aliphatic imine (C=N–C) groups is 1. The average molecular weight is 283 g/mol. The number of nitrogens with two attached hydrogens (primary N) is 1. The van der Waals surface area contributed by atoms with Gasteiger partial charge in [0.05, 0.1) is 17.4 Å². The fourth-order valence-corrected chi connectivity index (χ4v) is 1.59. The maximum Gasteiger partial charge on any atom is 0.252 e. The lowest BCUT2D eigenvalue weighted by atomic mass is 10.1. The first-order valence-corrected chi connectivity index (χ1v) is 5.84. The van der Waals surface area contributed by atoms with Gasteiger partial charge in [-0.15, -0.1) is 0 Å². The molecule has 19 heavy (non-hydrogen) atoms. The largest absolute Gasteiger partial charge is 0.490 e. The fraction of sp³-hybridized carbons (Fsp3) is 0.231. The Morgan fingerprint density at radius 3 is 2.63 bits per heavy atom. The van der Waals surface area contributed by atoms with Gasteiger partial charge in [-0.05, 0) is 19.7 Å². The predicted molar refractivity (Wildman–Crippen MR) is 76.2 cm³/mol. The Bertz CT molecular complexity index is 527. The van der Waals surface area contributed by atoms with Crippen LogP contribution in [0.2, 0.25) is 0 Å². The number of primary amides is 1. The SMILES string of the molecule is C=Nc1cc(OCC(C)O)c(C(N)=O)cc1C(=C)Cl. The third-order valence-electron chi connectivity index (χ3n) is 2.31. The number of ether oxygens (including phenoxy) is 1. The van der Waals surface area contributed by atoms with Crippen molar-refractivity contribution in [3.8, 4) is 5.75 Å². The lowest BCUT2D eigenvalue weighted by Crippen LogP contribution is -2.17. The number of benzene rings is 1. The van der Waals surface area contributed by atoms with Crippen molar-refractivity contribution in [3.05, 3.63) is 29.8 Å². The highest BCUT2D eigenvalue weighted by atomic mass is 35.5. The Morgan fingerprint density at radius 2 is 2.21 bits per heavy atom. The van der Waals surface area contributed by atoms with E-state index in [-0.39, 0.29) is 23.0 Å². The molecule has 1 rings (SSSR count). The molecule has 0 radical (unpaired) electrons. The monoisotopic (exact) mass is 282 g/mol. The Balaban J connectivity index is 3.32. The summed E-state index contributed by atoms with van der Waals surface area (Å²) in [4.78, 5) is 15.2. The van der Waals surface area contributed by atoms with E-state index >= 15 is 0 Å². The lowest BCUT2D eigenvalue weighted by molar-refractivity contribution is 0.0983. The molecule has 0 saturated heterocycles. The number of halogens is 1. The number of carbonyl (C=O) groups is 1. The van der Waals surface area contributed by atoms with Gasteiger partial charge in [0, 0.05) is 16.7 Å². The summed E-state index contributed by atoms with van der Waals surface area (Å²) in [6.45, 7) is 8.58. The van der Waals surface area contributed by atoms with E-state index in [1.165, 1.54) is 12.1 Å². The number of rotatable bonds is 6. The van der Waals surface area contributed by atoms with E-state index in [9.17, 15) is 9.90 Å². The van der Waals surface area contributed by atoms with Crippen LogP contribution >= 0.6 is 11.6 Å². The molecule has 0 aromatic heterocycles. The molecule has 5 nitrogen and oxygen atoms in total. The summed E-state index contributed by atoms with van der Waals surface area (Å²) >= 11 is 5.83. The Hall–Kier alpha value is -1.85. The Labute approximate surface area is 116 Å². The summed E-state index contributed by atoms with van der Waals surface area (Å²) in [6, 6.07) is 2.93. The van der Waals surface area contributed by atoms with Crippen molar-refractivity contribution in [2.24, 2.45) is 10.7 Å². The summed E-state index contributed by atoms with van der Waals surface area (Å²) in [5.41, 5.74) is 6.30. The molecule has 0 aliphatic heterocycles. The summed E-state index contributed by atoms with van der Waals surface area (Å²) < 4.78 is 5.33. The van der Waals surface area contributed by atoms with Crippen LogP contribution in [-0.2, 0) is 0 Å². The summed E-state index contributed by atoms with van der Waals surface area (Å²) in [7, 11) is 0. The van der Waals surface area contributed by atoms with Gasteiger partial charge in [-0.3, -0.25) is 9.79 Å². The maximum atomic E-state index is 11.4. The van der Waals surface area contributed by atoms with E-state index in [1.807, 2.05) is 0 Å². The van der Waals surface area contributed by atoms with E-state index in [2.05, 4.69) is 18.3 Å². The number of hydrogen-bond acceptors (Lipinski definition) is 4. The van der Waals surface area contributed by atoms with Gasteiger partial charge in [0.15, 0.2) is 0 Å². The number of hydrogen-bond donors (Lipinski definition) is 2. The summed E-state index contributed by atoms with van der Waals surface area (Å²) in [6.07, 6.45) is -0.677. The number of aliphatic hydroxyl groups is 1. The van der Waals surface area contributed by atoms with Crippen LogP contribution in [0.15, 0.2) is 23.7 Å². The fourth-order valence-electron chi connectivity index (χ4n) is 1.44. The highest BCUT2D eigenvalue weighted by molar-refractivity contribution is 6.48. The van der Waals surface area contributed by atoms with Gasteiger partial charge >= 0.3 is 0 Å². The van der Waals surface area contributed by atoms with E-state index in [0.29, 0.717) is 11.3 Å². The van der Waals surface area contributed by atoms with Crippen LogP contribution in [0.25, 0.3) is 5.03 Å². The minimum atomic E-state index is -0.677. The molecule has 1 amide bonds. The van der Waals surface area contributed by atoms with Crippen LogP contribution in [0.3, 0.4) is 0 Å². The number of aliphatic hydroxyl groups excluding tert-OH is 1. The zero-order valence-electron chi connectivity index (χ0n) is 10.5. The minimum absolute atomic E-state index is 0.0258. The van der Waals surface area contributed by atoms with Gasteiger partial charge in [0.1, 0.15) is 12.4 Å². The van der Waals surface area contributed by atoms with Crippen molar-refractivity contribution in [1.29, 1.82) is 0 Å². The second-order valence-corrected chi connectivity index (χ2v) is 4.41. The van der Waals surface area contributed by atoms with Crippen molar-refractivity contribution in [2.45, 2.75) is 13.0 Å². The second kappa shape index (κ2) is 6.36. The zero-order chi connectivity index (χ0) is 14.6. The molecule has 0 fully saturated rings. The smallest absolute Gasteiger partial charge is 0.252 e. The third-order valence-corrected chi connectivity index (χ3v) is 2.51. The van der Waals surface area contributed by atoms with Crippen molar-refractivity contribution in [2.75, 3.05) is 6.61 Å². The molecular formula is C13H15ClN2O3. The first-order chi connectivity index (χ1) is 8.86. The molecule has 102 valence electrons. The highest BCUT2D eigenvalue weighted by Crippen LogP contribution is 2.34. The Kier molecular flexibility index (Phi) is 5.09. The van der Waals surface area contributed by atoms with E-state index < -0.39 is 12.0 Å². The number of nitrogens with zero attached hydrogens (tertiary/aromatic N) is 1. The van der Waals surface area contributed by atoms with Crippen LogP contribution in [0.5, 0.6) is 5.75 Å². The highest BCUT2D eigenvalue weighted by Gasteiger charge is 2.16. The third kappa shape index (κ3) is 3.81. The van der Waals surface area contributed by atoms with Crippen molar-refractivity contribution in [3.63, 3.8) is 0 Å². The molecule has 1 atom stereocenters. The maximum absolute atomic E-state index is 11.4. The normalized spacial score (nSPS) is 11.7. The second-order valence-electron chi connectivity index (χ2n) is 3.95. The molecular weight excluding hydrogens is 268 g/mol. The van der Waals surface area contributed by atoms with Crippen LogP contribution < -0.4 is 10.5 Å². The van der Waals surface area contributed by atoms with Crippen molar-refractivity contribution >= 4 is 34.9 Å². The van der Waals surface area contributed by atoms with Crippen LogP contribution in [0.1, 0.15) is 22.8 Å². The van der Waals surface area contributed by atoms with Crippen LogP contribution in [0, 0.1) is 0 Å².